The van der Waals surface area contributed by atoms with Crippen LogP contribution in [-0.2, 0) is 14.2 Å². The zero-order valence-electron chi connectivity index (χ0n) is 21.6. The fraction of sp³-hybridized carbons (Fsp3) is 0.724. The third-order valence-corrected chi connectivity index (χ3v) is 9.77. The molecular formula is C29H41NO5. The van der Waals surface area contributed by atoms with Crippen LogP contribution in [0.1, 0.15) is 82.1 Å². The van der Waals surface area contributed by atoms with Crippen LogP contribution in [0.15, 0.2) is 30.5 Å². The molecule has 4 aliphatic rings. The number of rotatable bonds is 6. The van der Waals surface area contributed by atoms with Gasteiger partial charge in [-0.3, -0.25) is 0 Å². The average molecular weight is 484 g/mol. The van der Waals surface area contributed by atoms with Gasteiger partial charge in [0.15, 0.2) is 17.7 Å². The number of carbonyl (C=O) groups is 1. The second-order valence-electron chi connectivity index (χ2n) is 11.7. The largest absolute Gasteiger partial charge is 0.491 e. The highest BCUT2D eigenvalue weighted by Crippen LogP contribution is 2.63. The summed E-state index contributed by atoms with van der Waals surface area (Å²) in [4.78, 5) is 16.2. The number of aromatic nitrogens is 1. The summed E-state index contributed by atoms with van der Waals surface area (Å²) in [6.07, 6.45) is 12.2. The van der Waals surface area contributed by atoms with Gasteiger partial charge in [-0.05, 0) is 74.3 Å². The molecule has 3 aliphatic carbocycles. The van der Waals surface area contributed by atoms with Gasteiger partial charge in [0, 0.05) is 17.5 Å². The molecule has 1 unspecified atom stereocenters. The Hall–Kier alpha value is -1.92. The van der Waals surface area contributed by atoms with Crippen molar-refractivity contribution < 1.29 is 23.7 Å². The monoisotopic (exact) mass is 483 g/mol. The van der Waals surface area contributed by atoms with Gasteiger partial charge in [0.2, 0.25) is 0 Å². The molecule has 0 N–H and O–H groups in total. The van der Waals surface area contributed by atoms with E-state index in [-0.39, 0.29) is 28.9 Å². The van der Waals surface area contributed by atoms with Gasteiger partial charge in [0.05, 0.1) is 26.4 Å². The van der Waals surface area contributed by atoms with Crippen LogP contribution < -0.4 is 4.74 Å². The topological polar surface area (TPSA) is 66.9 Å². The predicted molar refractivity (Wildman–Crippen MR) is 133 cm³/mol. The van der Waals surface area contributed by atoms with Crippen LogP contribution in [0.4, 0.5) is 0 Å². The number of methoxy groups -OCH3 is 1. The summed E-state index contributed by atoms with van der Waals surface area (Å²) in [6, 6.07) is 3.56. The van der Waals surface area contributed by atoms with Crippen LogP contribution in [0.5, 0.6) is 5.75 Å². The Morgan fingerprint density at radius 3 is 2.77 bits per heavy atom. The van der Waals surface area contributed by atoms with E-state index in [9.17, 15) is 4.79 Å². The third kappa shape index (κ3) is 4.42. The Morgan fingerprint density at radius 2 is 2.00 bits per heavy atom. The molecule has 1 aromatic heterocycles. The van der Waals surface area contributed by atoms with E-state index in [1.165, 1.54) is 38.4 Å². The first kappa shape index (κ1) is 24.8. The number of hydrogen-bond donors (Lipinski definition) is 0. The van der Waals surface area contributed by atoms with Crippen LogP contribution in [-0.4, -0.2) is 43.7 Å². The predicted octanol–water partition coefficient (Wildman–Crippen LogP) is 5.96. The number of carbonyl (C=O) groups excluding carboxylic acids is 1. The fourth-order valence-corrected chi connectivity index (χ4v) is 7.90. The van der Waals surface area contributed by atoms with Crippen molar-refractivity contribution in [2.75, 3.05) is 20.3 Å². The Labute approximate surface area is 209 Å². The Balaban J connectivity index is 1.28. The molecule has 192 valence electrons. The van der Waals surface area contributed by atoms with Gasteiger partial charge in [-0.15, -0.1) is 0 Å². The van der Waals surface area contributed by atoms with E-state index < -0.39 is 5.97 Å². The van der Waals surface area contributed by atoms with Crippen LogP contribution in [0, 0.1) is 28.6 Å². The molecule has 35 heavy (non-hydrogen) atoms. The lowest BCUT2D eigenvalue weighted by molar-refractivity contribution is -0.316. The summed E-state index contributed by atoms with van der Waals surface area (Å²) in [5.74, 6) is 1.47. The molecule has 0 amide bonds. The van der Waals surface area contributed by atoms with Crippen LogP contribution in [0.3, 0.4) is 0 Å². The molecule has 1 saturated heterocycles. The average Bonchev–Trinajstić information content (AvgIpc) is 3.40. The number of ether oxygens (including phenoxy) is 4. The summed E-state index contributed by atoms with van der Waals surface area (Å²) in [5.41, 5.74) is 1.72. The van der Waals surface area contributed by atoms with Gasteiger partial charge in [0.1, 0.15) is 0 Å². The lowest BCUT2D eigenvalue weighted by Crippen LogP contribution is -2.62. The maximum absolute atomic E-state index is 12.1. The Morgan fingerprint density at radius 1 is 1.20 bits per heavy atom. The molecule has 0 spiro atoms. The highest BCUT2D eigenvalue weighted by atomic mass is 16.7. The van der Waals surface area contributed by atoms with E-state index >= 15 is 0 Å². The van der Waals surface area contributed by atoms with E-state index in [2.05, 4.69) is 25.4 Å². The van der Waals surface area contributed by atoms with Crippen molar-refractivity contribution in [1.29, 1.82) is 0 Å². The third-order valence-electron chi connectivity index (χ3n) is 9.77. The summed E-state index contributed by atoms with van der Waals surface area (Å²) in [5, 5.41) is 0. The lowest BCUT2D eigenvalue weighted by atomic mass is 9.46. The minimum absolute atomic E-state index is 0.00817. The zero-order chi connectivity index (χ0) is 24.6. The van der Waals surface area contributed by atoms with Crippen LogP contribution in [0.25, 0.3) is 0 Å². The molecule has 6 atom stereocenters. The highest BCUT2D eigenvalue weighted by molar-refractivity contribution is 5.90. The Kier molecular flexibility index (Phi) is 6.97. The minimum atomic E-state index is -0.478. The number of hydrogen-bond acceptors (Lipinski definition) is 6. The highest BCUT2D eigenvalue weighted by Gasteiger charge is 2.60. The summed E-state index contributed by atoms with van der Waals surface area (Å²) >= 11 is 0. The summed E-state index contributed by atoms with van der Waals surface area (Å²) < 4.78 is 24.1. The van der Waals surface area contributed by atoms with Crippen molar-refractivity contribution in [1.82, 2.24) is 4.98 Å². The second-order valence-corrected chi connectivity index (χ2v) is 11.7. The molecule has 6 nitrogen and oxygen atoms in total. The smallest absolute Gasteiger partial charge is 0.360 e. The molecule has 4 fully saturated rings. The van der Waals surface area contributed by atoms with Gasteiger partial charge in [0.25, 0.3) is 0 Å². The van der Waals surface area contributed by atoms with Crippen molar-refractivity contribution in [3.8, 4) is 5.75 Å². The minimum Gasteiger partial charge on any atom is -0.491 e. The van der Waals surface area contributed by atoms with Crippen LogP contribution in [0.2, 0.25) is 0 Å². The first-order chi connectivity index (χ1) is 16.9. The molecule has 1 aromatic rings. The molecule has 5 rings (SSSR count). The van der Waals surface area contributed by atoms with Crippen molar-refractivity contribution >= 4 is 5.97 Å². The van der Waals surface area contributed by atoms with Crippen molar-refractivity contribution in [3.05, 3.63) is 36.2 Å². The van der Waals surface area contributed by atoms with E-state index in [1.54, 1.807) is 18.3 Å². The molecule has 3 saturated carbocycles. The van der Waals surface area contributed by atoms with Gasteiger partial charge in [-0.25, -0.2) is 9.78 Å². The first-order valence-electron chi connectivity index (χ1n) is 13.5. The summed E-state index contributed by atoms with van der Waals surface area (Å²) in [7, 11) is 1.36. The first-order valence-corrected chi connectivity index (χ1v) is 13.5. The number of esters is 1. The van der Waals surface area contributed by atoms with E-state index in [0.29, 0.717) is 30.1 Å². The second kappa shape index (κ2) is 9.85. The number of allylic oxidation sites excluding steroid dienone is 1. The SMILES string of the molecule is C=C1CCC2[C@]3(C)CO[C@@H](C4CCCC4)O[C@@H]3CC[C@@]2(C)[C@@H]1CCOc1cccnc1C(=O)OC. The van der Waals surface area contributed by atoms with E-state index in [0.717, 1.165) is 38.7 Å². The van der Waals surface area contributed by atoms with Crippen molar-refractivity contribution in [2.24, 2.45) is 28.6 Å². The number of pyridine rings is 1. The van der Waals surface area contributed by atoms with Crippen LogP contribution >= 0.6 is 0 Å². The molecule has 2 heterocycles. The molecule has 6 heteroatoms. The standard InChI is InChI=1S/C29H41NO5/c1-19-11-12-23-28(2,21(19)14-17-33-22-10-7-16-30-25(22)26(31)32-4)15-13-24-29(23,3)18-34-27(35-24)20-8-5-6-9-20/h7,10,16,20-21,23-24,27H,1,5-6,8-9,11-15,17-18H2,2-4H3/t21-,23?,24-,27-,28+,29+/m1/s1. The lowest BCUT2D eigenvalue weighted by Gasteiger charge is -2.63. The normalized spacial score (nSPS) is 37.4. The fourth-order valence-electron chi connectivity index (χ4n) is 7.90. The molecular weight excluding hydrogens is 442 g/mol. The van der Waals surface area contributed by atoms with Gasteiger partial charge < -0.3 is 18.9 Å². The Bertz CT molecular complexity index is 943. The van der Waals surface area contributed by atoms with Gasteiger partial charge in [-0.1, -0.05) is 38.8 Å². The number of nitrogens with zero attached hydrogens (tertiary/aromatic N) is 1. The molecule has 0 bridgehead atoms. The van der Waals surface area contributed by atoms with Crippen molar-refractivity contribution in [3.63, 3.8) is 0 Å². The van der Waals surface area contributed by atoms with Crippen molar-refractivity contribution in [2.45, 2.75) is 84.0 Å². The van der Waals surface area contributed by atoms with E-state index in [1.807, 2.05) is 0 Å². The molecule has 0 radical (unpaired) electrons. The molecule has 1 aliphatic heterocycles. The van der Waals surface area contributed by atoms with Gasteiger partial charge >= 0.3 is 5.97 Å². The molecule has 0 aromatic carbocycles. The van der Waals surface area contributed by atoms with E-state index in [4.69, 9.17) is 18.9 Å². The zero-order valence-corrected chi connectivity index (χ0v) is 21.6. The maximum atomic E-state index is 12.1. The summed E-state index contributed by atoms with van der Waals surface area (Å²) in [6.45, 7) is 10.7. The number of fused-ring (bicyclic) bond motifs is 3. The maximum Gasteiger partial charge on any atom is 0.360 e. The quantitative estimate of drug-likeness (QED) is 0.367. The van der Waals surface area contributed by atoms with Gasteiger partial charge in [-0.2, -0.15) is 0 Å².